The molecule has 4 N–H and O–H groups in total. The van der Waals surface area contributed by atoms with Gasteiger partial charge in [0.05, 0.1) is 11.9 Å². The maximum atomic E-state index is 5.72. The van der Waals surface area contributed by atoms with E-state index < -0.39 is 0 Å². The van der Waals surface area contributed by atoms with E-state index in [-0.39, 0.29) is 0 Å². The summed E-state index contributed by atoms with van der Waals surface area (Å²) in [5, 5.41) is 4.10. The fourth-order valence-corrected chi connectivity index (χ4v) is 1.45. The van der Waals surface area contributed by atoms with E-state index in [9.17, 15) is 0 Å². The van der Waals surface area contributed by atoms with Gasteiger partial charge in [-0.3, -0.25) is 0 Å². The quantitative estimate of drug-likeness (QED) is 0.684. The van der Waals surface area contributed by atoms with Gasteiger partial charge in [0.25, 0.3) is 0 Å². The second-order valence-electron chi connectivity index (χ2n) is 3.62. The summed E-state index contributed by atoms with van der Waals surface area (Å²) >= 11 is 0. The van der Waals surface area contributed by atoms with Gasteiger partial charge in [0.2, 0.25) is 0 Å². The monoisotopic (exact) mass is 196 g/mol. The second kappa shape index (κ2) is 5.52. The molecule has 0 spiro atoms. The first-order valence-electron chi connectivity index (χ1n) is 5.32. The summed E-state index contributed by atoms with van der Waals surface area (Å²) < 4.78 is 1.78. The van der Waals surface area contributed by atoms with Crippen molar-refractivity contribution < 1.29 is 0 Å². The summed E-state index contributed by atoms with van der Waals surface area (Å²) in [6, 6.07) is 0. The number of unbranched alkanes of at least 4 members (excludes halogenated alkanes) is 4. The Kier molecular flexibility index (Phi) is 4.29. The number of anilines is 2. The van der Waals surface area contributed by atoms with Crippen LogP contribution in [0.2, 0.25) is 0 Å². The summed E-state index contributed by atoms with van der Waals surface area (Å²) in [6.45, 7) is 3.10. The zero-order valence-electron chi connectivity index (χ0n) is 8.87. The van der Waals surface area contributed by atoms with Crippen molar-refractivity contribution in [3.8, 4) is 0 Å². The molecule has 4 nitrogen and oxygen atoms in total. The third-order valence-electron chi connectivity index (χ3n) is 2.38. The molecule has 1 rings (SSSR count). The third-order valence-corrected chi connectivity index (χ3v) is 2.38. The first-order chi connectivity index (χ1) is 6.75. The maximum absolute atomic E-state index is 5.72. The lowest BCUT2D eigenvalue weighted by Crippen LogP contribution is -2.05. The molecular weight excluding hydrogens is 176 g/mol. The van der Waals surface area contributed by atoms with Crippen molar-refractivity contribution in [1.82, 2.24) is 9.78 Å². The second-order valence-corrected chi connectivity index (χ2v) is 3.62. The largest absolute Gasteiger partial charge is 0.394 e. The number of nitrogens with zero attached hydrogens (tertiary/aromatic N) is 2. The van der Waals surface area contributed by atoms with E-state index in [1.54, 1.807) is 10.9 Å². The number of aryl methyl sites for hydroxylation is 1. The highest BCUT2D eigenvalue weighted by Gasteiger charge is 2.02. The first kappa shape index (κ1) is 10.9. The van der Waals surface area contributed by atoms with Crippen LogP contribution < -0.4 is 11.5 Å². The van der Waals surface area contributed by atoms with Crippen molar-refractivity contribution >= 4 is 11.5 Å². The average Bonchev–Trinajstić information content (AvgIpc) is 2.49. The maximum Gasteiger partial charge on any atom is 0.145 e. The molecule has 80 valence electrons. The third kappa shape index (κ3) is 2.94. The van der Waals surface area contributed by atoms with Gasteiger partial charge in [-0.15, -0.1) is 0 Å². The Morgan fingerprint density at radius 3 is 2.50 bits per heavy atom. The Labute approximate surface area is 85.3 Å². The molecule has 1 aromatic heterocycles. The standard InChI is InChI=1S/C10H20N4/c1-2-3-4-5-6-7-14-10(12)9(11)8-13-14/h8H,2-7,11-12H2,1H3. The van der Waals surface area contributed by atoms with E-state index in [0.717, 1.165) is 13.0 Å². The average molecular weight is 196 g/mol. The summed E-state index contributed by atoms with van der Waals surface area (Å²) in [5.74, 6) is 0.598. The van der Waals surface area contributed by atoms with Crippen LogP contribution in [0.4, 0.5) is 11.5 Å². The van der Waals surface area contributed by atoms with Gasteiger partial charge in [-0.2, -0.15) is 5.10 Å². The van der Waals surface area contributed by atoms with Crippen LogP contribution in [0.25, 0.3) is 0 Å². The topological polar surface area (TPSA) is 69.9 Å². The summed E-state index contributed by atoms with van der Waals surface area (Å²) in [7, 11) is 0. The zero-order valence-corrected chi connectivity index (χ0v) is 8.87. The SMILES string of the molecule is CCCCCCCn1ncc(N)c1N. The molecule has 0 amide bonds. The van der Waals surface area contributed by atoms with E-state index in [0.29, 0.717) is 11.5 Å². The molecule has 0 unspecified atom stereocenters. The summed E-state index contributed by atoms with van der Waals surface area (Å²) in [6.07, 6.45) is 7.88. The van der Waals surface area contributed by atoms with Crippen molar-refractivity contribution in [3.63, 3.8) is 0 Å². The van der Waals surface area contributed by atoms with Crippen molar-refractivity contribution in [2.45, 2.75) is 45.6 Å². The van der Waals surface area contributed by atoms with Gasteiger partial charge in [0.1, 0.15) is 5.82 Å². The number of aromatic nitrogens is 2. The molecule has 0 saturated heterocycles. The Hall–Kier alpha value is -1.19. The molecule has 0 aliphatic rings. The predicted octanol–water partition coefficient (Wildman–Crippen LogP) is 2.02. The molecule has 1 heterocycles. The molecule has 4 heteroatoms. The van der Waals surface area contributed by atoms with Gasteiger partial charge < -0.3 is 11.5 Å². The molecule has 0 radical (unpaired) electrons. The predicted molar refractivity (Wildman–Crippen MR) is 59.8 cm³/mol. The highest BCUT2D eigenvalue weighted by molar-refractivity contribution is 5.56. The Balaban J connectivity index is 2.21. The molecule has 0 fully saturated rings. The van der Waals surface area contributed by atoms with Gasteiger partial charge in [-0.25, -0.2) is 4.68 Å². The molecule has 1 aromatic rings. The first-order valence-corrected chi connectivity index (χ1v) is 5.32. The number of hydrogen-bond acceptors (Lipinski definition) is 3. The van der Waals surface area contributed by atoms with Gasteiger partial charge in [0, 0.05) is 6.54 Å². The Bertz CT molecular complexity index is 267. The van der Waals surface area contributed by atoms with Crippen molar-refractivity contribution in [2.75, 3.05) is 11.5 Å². The van der Waals surface area contributed by atoms with E-state index in [2.05, 4.69) is 12.0 Å². The van der Waals surface area contributed by atoms with Crippen LogP contribution in [0.3, 0.4) is 0 Å². The summed E-state index contributed by atoms with van der Waals surface area (Å²) in [4.78, 5) is 0. The number of hydrogen-bond donors (Lipinski definition) is 2. The smallest absolute Gasteiger partial charge is 0.145 e. The molecule has 0 aliphatic heterocycles. The van der Waals surface area contributed by atoms with Crippen LogP contribution >= 0.6 is 0 Å². The van der Waals surface area contributed by atoms with Crippen molar-refractivity contribution in [3.05, 3.63) is 6.20 Å². The lowest BCUT2D eigenvalue weighted by Gasteiger charge is -2.03. The lowest BCUT2D eigenvalue weighted by atomic mass is 10.1. The molecule has 0 aliphatic carbocycles. The van der Waals surface area contributed by atoms with Crippen LogP contribution in [-0.4, -0.2) is 9.78 Å². The molecule has 0 atom stereocenters. The van der Waals surface area contributed by atoms with Crippen LogP contribution in [0, 0.1) is 0 Å². The summed E-state index contributed by atoms with van der Waals surface area (Å²) in [5.41, 5.74) is 11.9. The fourth-order valence-electron chi connectivity index (χ4n) is 1.45. The van der Waals surface area contributed by atoms with E-state index in [1.807, 2.05) is 0 Å². The number of nitrogens with two attached hydrogens (primary N) is 2. The highest BCUT2D eigenvalue weighted by atomic mass is 15.3. The van der Waals surface area contributed by atoms with E-state index in [4.69, 9.17) is 11.5 Å². The van der Waals surface area contributed by atoms with E-state index >= 15 is 0 Å². The van der Waals surface area contributed by atoms with E-state index in [1.165, 1.54) is 25.7 Å². The minimum atomic E-state index is 0.582. The molecule has 0 aromatic carbocycles. The number of nitrogen functional groups attached to an aromatic ring is 2. The van der Waals surface area contributed by atoms with Gasteiger partial charge in [-0.1, -0.05) is 32.6 Å². The van der Waals surface area contributed by atoms with Gasteiger partial charge in [-0.05, 0) is 6.42 Å². The molecule has 0 bridgehead atoms. The number of rotatable bonds is 6. The molecule has 0 saturated carbocycles. The van der Waals surface area contributed by atoms with Crippen molar-refractivity contribution in [1.29, 1.82) is 0 Å². The Morgan fingerprint density at radius 2 is 1.93 bits per heavy atom. The van der Waals surface area contributed by atoms with Crippen LogP contribution in [0.15, 0.2) is 6.20 Å². The fraction of sp³-hybridized carbons (Fsp3) is 0.700. The molecule has 14 heavy (non-hydrogen) atoms. The minimum absolute atomic E-state index is 0.582. The minimum Gasteiger partial charge on any atom is -0.394 e. The van der Waals surface area contributed by atoms with Crippen LogP contribution in [-0.2, 0) is 6.54 Å². The lowest BCUT2D eigenvalue weighted by molar-refractivity contribution is 0.538. The van der Waals surface area contributed by atoms with Crippen LogP contribution in [0.5, 0.6) is 0 Å². The van der Waals surface area contributed by atoms with Gasteiger partial charge in [0.15, 0.2) is 0 Å². The van der Waals surface area contributed by atoms with Crippen molar-refractivity contribution in [2.24, 2.45) is 0 Å². The normalized spacial score (nSPS) is 10.6. The molecular formula is C10H20N4. The van der Waals surface area contributed by atoms with Crippen LogP contribution in [0.1, 0.15) is 39.0 Å². The Morgan fingerprint density at radius 1 is 1.21 bits per heavy atom. The van der Waals surface area contributed by atoms with Gasteiger partial charge >= 0.3 is 0 Å². The highest BCUT2D eigenvalue weighted by Crippen LogP contribution is 2.13. The zero-order chi connectivity index (χ0) is 10.4.